The number of carbonyl (C=O) groups excluding carboxylic acids is 1. The lowest BCUT2D eigenvalue weighted by Gasteiger charge is -2.27. The highest BCUT2D eigenvalue weighted by atomic mass is 16.2. The van der Waals surface area contributed by atoms with Gasteiger partial charge in [0.25, 0.3) is 0 Å². The van der Waals surface area contributed by atoms with Gasteiger partial charge in [0.05, 0.1) is 6.54 Å². The molecule has 0 saturated carbocycles. The first-order valence-corrected chi connectivity index (χ1v) is 5.72. The molecule has 1 amide bonds. The van der Waals surface area contributed by atoms with Crippen molar-refractivity contribution in [2.24, 2.45) is 0 Å². The fourth-order valence-corrected chi connectivity index (χ4v) is 1.45. The summed E-state index contributed by atoms with van der Waals surface area (Å²) in [6.07, 6.45) is 2.09. The highest BCUT2D eigenvalue weighted by molar-refractivity contribution is 5.78. The number of rotatable bonds is 5. The number of hydrogen-bond acceptors (Lipinski definition) is 2. The lowest BCUT2D eigenvalue weighted by atomic mass is 9.99. The maximum atomic E-state index is 11.6. The first kappa shape index (κ1) is 14.4. The molecule has 0 fully saturated rings. The minimum atomic E-state index is -0.0919. The van der Waals surface area contributed by atoms with E-state index in [4.69, 9.17) is 0 Å². The molecule has 2 N–H and O–H groups in total. The van der Waals surface area contributed by atoms with Crippen LogP contribution in [0.4, 0.5) is 0 Å². The van der Waals surface area contributed by atoms with E-state index < -0.39 is 0 Å². The fraction of sp³-hybridized carbons (Fsp3) is 0.917. The SMILES string of the molecule is CCCC(C)(C)NC(=O)CNC(C)(C)C. The molecule has 0 spiro atoms. The molecule has 3 heteroatoms. The minimum absolute atomic E-state index is 0.00770. The third kappa shape index (κ3) is 8.43. The van der Waals surface area contributed by atoms with E-state index in [0.29, 0.717) is 6.54 Å². The summed E-state index contributed by atoms with van der Waals surface area (Å²) in [7, 11) is 0. The van der Waals surface area contributed by atoms with E-state index in [9.17, 15) is 4.79 Å². The van der Waals surface area contributed by atoms with Crippen molar-refractivity contribution in [3.63, 3.8) is 0 Å². The van der Waals surface area contributed by atoms with Gasteiger partial charge in [-0.2, -0.15) is 0 Å². The van der Waals surface area contributed by atoms with E-state index >= 15 is 0 Å². The van der Waals surface area contributed by atoms with Crippen LogP contribution in [0.2, 0.25) is 0 Å². The zero-order chi connectivity index (χ0) is 12.1. The summed E-state index contributed by atoms with van der Waals surface area (Å²) in [5, 5.41) is 6.20. The zero-order valence-electron chi connectivity index (χ0n) is 11.0. The molecule has 0 aliphatic rings. The second-order valence-electron chi connectivity index (χ2n) is 5.79. The minimum Gasteiger partial charge on any atom is -0.350 e. The van der Waals surface area contributed by atoms with Gasteiger partial charge in [-0.25, -0.2) is 0 Å². The lowest BCUT2D eigenvalue weighted by Crippen LogP contribution is -2.49. The van der Waals surface area contributed by atoms with Crippen molar-refractivity contribution >= 4 is 5.91 Å². The summed E-state index contributed by atoms with van der Waals surface area (Å²) >= 11 is 0. The van der Waals surface area contributed by atoms with Crippen molar-refractivity contribution in [2.45, 2.75) is 65.5 Å². The van der Waals surface area contributed by atoms with Crippen LogP contribution < -0.4 is 10.6 Å². The van der Waals surface area contributed by atoms with Crippen LogP contribution in [0, 0.1) is 0 Å². The predicted molar refractivity (Wildman–Crippen MR) is 64.9 cm³/mol. The number of hydrogen-bond donors (Lipinski definition) is 2. The predicted octanol–water partition coefficient (Wildman–Crippen LogP) is 2.07. The van der Waals surface area contributed by atoms with Crippen molar-refractivity contribution in [3.05, 3.63) is 0 Å². The third-order valence-electron chi connectivity index (χ3n) is 2.13. The second-order valence-corrected chi connectivity index (χ2v) is 5.79. The van der Waals surface area contributed by atoms with E-state index in [1.54, 1.807) is 0 Å². The zero-order valence-corrected chi connectivity index (χ0v) is 11.0. The Hall–Kier alpha value is -0.570. The Morgan fingerprint density at radius 3 is 2.07 bits per heavy atom. The topological polar surface area (TPSA) is 41.1 Å². The van der Waals surface area contributed by atoms with Crippen molar-refractivity contribution in [2.75, 3.05) is 6.54 Å². The van der Waals surface area contributed by atoms with Gasteiger partial charge >= 0.3 is 0 Å². The molecule has 0 aromatic carbocycles. The van der Waals surface area contributed by atoms with Gasteiger partial charge in [0.15, 0.2) is 0 Å². The van der Waals surface area contributed by atoms with Gasteiger partial charge in [-0.3, -0.25) is 4.79 Å². The van der Waals surface area contributed by atoms with Crippen LogP contribution in [0.5, 0.6) is 0 Å². The van der Waals surface area contributed by atoms with Gasteiger partial charge in [-0.1, -0.05) is 13.3 Å². The van der Waals surface area contributed by atoms with Crippen LogP contribution in [-0.4, -0.2) is 23.5 Å². The van der Waals surface area contributed by atoms with Crippen LogP contribution >= 0.6 is 0 Å². The lowest BCUT2D eigenvalue weighted by molar-refractivity contribution is -0.122. The molecule has 0 bridgehead atoms. The van der Waals surface area contributed by atoms with Crippen LogP contribution in [0.1, 0.15) is 54.4 Å². The van der Waals surface area contributed by atoms with Gasteiger partial charge in [0, 0.05) is 11.1 Å². The van der Waals surface area contributed by atoms with E-state index in [-0.39, 0.29) is 17.0 Å². The Morgan fingerprint density at radius 1 is 1.13 bits per heavy atom. The van der Waals surface area contributed by atoms with Gasteiger partial charge in [-0.05, 0) is 41.0 Å². The normalized spacial score (nSPS) is 12.7. The Morgan fingerprint density at radius 2 is 1.67 bits per heavy atom. The Labute approximate surface area is 94.0 Å². The summed E-state index contributed by atoms with van der Waals surface area (Å²) in [6, 6.07) is 0. The third-order valence-corrected chi connectivity index (χ3v) is 2.13. The molecule has 0 aromatic rings. The van der Waals surface area contributed by atoms with E-state index in [1.165, 1.54) is 0 Å². The van der Waals surface area contributed by atoms with E-state index in [1.807, 2.05) is 0 Å². The summed E-state index contributed by atoms with van der Waals surface area (Å²) in [4.78, 5) is 11.6. The summed E-state index contributed by atoms with van der Waals surface area (Å²) in [5.74, 6) is 0.0726. The number of carbonyl (C=O) groups is 1. The average molecular weight is 214 g/mol. The molecule has 0 atom stereocenters. The molecule has 3 nitrogen and oxygen atoms in total. The standard InChI is InChI=1S/C12H26N2O/c1-7-8-12(5,6)14-10(15)9-13-11(2,3)4/h13H,7-9H2,1-6H3,(H,14,15). The Kier molecular flexibility index (Phi) is 5.29. The van der Waals surface area contributed by atoms with Crippen LogP contribution in [0.15, 0.2) is 0 Å². The molecule has 0 radical (unpaired) electrons. The largest absolute Gasteiger partial charge is 0.350 e. The van der Waals surface area contributed by atoms with Crippen LogP contribution in [0.3, 0.4) is 0 Å². The second kappa shape index (κ2) is 5.50. The molecular weight excluding hydrogens is 188 g/mol. The maximum Gasteiger partial charge on any atom is 0.234 e. The number of amides is 1. The maximum absolute atomic E-state index is 11.6. The first-order chi connectivity index (χ1) is 6.66. The van der Waals surface area contributed by atoms with Gasteiger partial charge < -0.3 is 10.6 Å². The van der Waals surface area contributed by atoms with Gasteiger partial charge in [0.1, 0.15) is 0 Å². The monoisotopic (exact) mass is 214 g/mol. The average Bonchev–Trinajstić information content (AvgIpc) is 1.98. The Bertz CT molecular complexity index is 204. The molecule has 0 heterocycles. The van der Waals surface area contributed by atoms with Crippen molar-refractivity contribution in [1.82, 2.24) is 10.6 Å². The Balaban J connectivity index is 3.93. The molecule has 0 unspecified atom stereocenters. The van der Waals surface area contributed by atoms with Crippen LogP contribution in [-0.2, 0) is 4.79 Å². The molecule has 0 saturated heterocycles. The molecular formula is C12H26N2O. The summed E-state index contributed by atoms with van der Waals surface area (Å²) < 4.78 is 0. The van der Waals surface area contributed by atoms with Gasteiger partial charge in [0.2, 0.25) is 5.91 Å². The smallest absolute Gasteiger partial charge is 0.234 e. The molecule has 90 valence electrons. The van der Waals surface area contributed by atoms with Crippen molar-refractivity contribution < 1.29 is 4.79 Å². The highest BCUT2D eigenvalue weighted by Crippen LogP contribution is 2.10. The van der Waals surface area contributed by atoms with Gasteiger partial charge in [-0.15, -0.1) is 0 Å². The van der Waals surface area contributed by atoms with Crippen molar-refractivity contribution in [1.29, 1.82) is 0 Å². The summed E-state index contributed by atoms with van der Waals surface area (Å²) in [6.45, 7) is 12.8. The van der Waals surface area contributed by atoms with Crippen molar-refractivity contribution in [3.8, 4) is 0 Å². The highest BCUT2D eigenvalue weighted by Gasteiger charge is 2.19. The molecule has 0 aliphatic heterocycles. The number of nitrogens with one attached hydrogen (secondary N) is 2. The fourth-order valence-electron chi connectivity index (χ4n) is 1.45. The van der Waals surface area contributed by atoms with E-state index in [2.05, 4.69) is 52.2 Å². The van der Waals surface area contributed by atoms with Crippen LogP contribution in [0.25, 0.3) is 0 Å². The molecule has 0 aromatic heterocycles. The molecule has 15 heavy (non-hydrogen) atoms. The van der Waals surface area contributed by atoms with E-state index in [0.717, 1.165) is 12.8 Å². The molecule has 0 rings (SSSR count). The molecule has 0 aliphatic carbocycles. The first-order valence-electron chi connectivity index (χ1n) is 5.72. The quantitative estimate of drug-likeness (QED) is 0.735. The summed E-state index contributed by atoms with van der Waals surface area (Å²) in [5.41, 5.74) is -0.0996.